The Labute approximate surface area is 162 Å². The Kier molecular flexibility index (Phi) is 8.51. The van der Waals surface area contributed by atoms with E-state index in [1.54, 1.807) is 49.9 Å². The van der Waals surface area contributed by atoms with Crippen molar-refractivity contribution in [2.75, 3.05) is 13.2 Å². The molecule has 0 bridgehead atoms. The predicted octanol–water partition coefficient (Wildman–Crippen LogP) is 5.19. The van der Waals surface area contributed by atoms with Crippen molar-refractivity contribution in [3.05, 3.63) is 59.7 Å². The van der Waals surface area contributed by atoms with Crippen LogP contribution in [0.2, 0.25) is 0 Å². The molecule has 27 heavy (non-hydrogen) atoms. The monoisotopic (exact) mass is 390 g/mol. The second-order valence-corrected chi connectivity index (χ2v) is 6.34. The third-order valence-corrected chi connectivity index (χ3v) is 4.39. The lowest BCUT2D eigenvalue weighted by atomic mass is 10.2. The molecule has 0 aromatic heterocycles. The molecule has 2 aromatic rings. The van der Waals surface area contributed by atoms with E-state index < -0.39 is 12.3 Å². The molecule has 144 valence electrons. The van der Waals surface area contributed by atoms with E-state index in [1.165, 1.54) is 0 Å². The summed E-state index contributed by atoms with van der Waals surface area (Å²) in [7, 11) is 0. The number of rotatable bonds is 8. The second kappa shape index (κ2) is 11.1. The maximum atomic E-state index is 11.3. The molecular weight excluding hydrogens is 368 g/mol. The number of benzene rings is 2. The third-order valence-electron chi connectivity index (χ3n) is 3.31. The molecule has 0 N–H and O–H groups in total. The predicted molar refractivity (Wildman–Crippen MR) is 103 cm³/mol. The van der Waals surface area contributed by atoms with Crippen molar-refractivity contribution in [3.63, 3.8) is 0 Å². The van der Waals surface area contributed by atoms with Crippen LogP contribution < -0.4 is 9.47 Å². The minimum Gasteiger partial charge on any atom is -0.434 e. The van der Waals surface area contributed by atoms with Crippen molar-refractivity contribution in [3.8, 4) is 11.5 Å². The largest absolute Gasteiger partial charge is 0.513 e. The molecule has 0 saturated heterocycles. The first kappa shape index (κ1) is 20.6. The normalized spacial score (nSPS) is 10.1. The standard InChI is InChI=1S/C20H22O6S/c1-3-23-19(21)25-17-9-5-15(6-10-17)13-27-14-16-7-11-18(12-8-16)26-20(22)24-4-2/h5-12H,3-4,13-14H2,1-2H3. The number of ether oxygens (including phenoxy) is 4. The van der Waals surface area contributed by atoms with Crippen LogP contribution >= 0.6 is 11.8 Å². The Morgan fingerprint density at radius 3 is 1.41 bits per heavy atom. The summed E-state index contributed by atoms with van der Waals surface area (Å²) in [6, 6.07) is 14.6. The molecule has 0 radical (unpaired) electrons. The van der Waals surface area contributed by atoms with Gasteiger partial charge in [-0.15, -0.1) is 0 Å². The van der Waals surface area contributed by atoms with Crippen LogP contribution in [0.4, 0.5) is 9.59 Å². The summed E-state index contributed by atoms with van der Waals surface area (Å²) < 4.78 is 19.5. The smallest absolute Gasteiger partial charge is 0.434 e. The van der Waals surface area contributed by atoms with E-state index in [-0.39, 0.29) is 13.2 Å². The molecule has 7 heteroatoms. The molecule has 0 spiro atoms. The van der Waals surface area contributed by atoms with Crippen molar-refractivity contribution in [2.24, 2.45) is 0 Å². The Balaban J connectivity index is 1.75. The van der Waals surface area contributed by atoms with E-state index in [0.29, 0.717) is 11.5 Å². The zero-order chi connectivity index (χ0) is 19.5. The van der Waals surface area contributed by atoms with Crippen LogP contribution in [0.3, 0.4) is 0 Å². The summed E-state index contributed by atoms with van der Waals surface area (Å²) in [5.74, 6) is 2.56. The summed E-state index contributed by atoms with van der Waals surface area (Å²) in [4.78, 5) is 22.5. The third kappa shape index (κ3) is 7.62. The van der Waals surface area contributed by atoms with Crippen LogP contribution in [0, 0.1) is 0 Å². The molecule has 0 aliphatic carbocycles. The molecule has 0 atom stereocenters. The number of carbonyl (C=O) groups excluding carboxylic acids is 2. The quantitative estimate of drug-likeness (QED) is 0.454. The average molecular weight is 390 g/mol. The lowest BCUT2D eigenvalue weighted by Gasteiger charge is -2.07. The Morgan fingerprint density at radius 2 is 1.07 bits per heavy atom. The zero-order valence-corrected chi connectivity index (χ0v) is 16.1. The van der Waals surface area contributed by atoms with Crippen LogP contribution in [0.25, 0.3) is 0 Å². The highest BCUT2D eigenvalue weighted by molar-refractivity contribution is 7.97. The van der Waals surface area contributed by atoms with Crippen molar-refractivity contribution >= 4 is 24.1 Å². The zero-order valence-electron chi connectivity index (χ0n) is 15.3. The number of carbonyl (C=O) groups is 2. The van der Waals surface area contributed by atoms with Crippen molar-refractivity contribution in [1.29, 1.82) is 0 Å². The molecule has 0 heterocycles. The van der Waals surface area contributed by atoms with Gasteiger partial charge in [-0.3, -0.25) is 0 Å². The summed E-state index contributed by atoms with van der Waals surface area (Å²) in [5.41, 5.74) is 2.25. The Bertz CT molecular complexity index is 664. The highest BCUT2D eigenvalue weighted by Gasteiger charge is 2.06. The summed E-state index contributed by atoms with van der Waals surface area (Å²) >= 11 is 1.75. The molecular formula is C20H22O6S. The Morgan fingerprint density at radius 1 is 0.704 bits per heavy atom. The molecule has 6 nitrogen and oxygen atoms in total. The van der Waals surface area contributed by atoms with Gasteiger partial charge in [-0.1, -0.05) is 24.3 Å². The van der Waals surface area contributed by atoms with Gasteiger partial charge >= 0.3 is 12.3 Å². The first-order valence-electron chi connectivity index (χ1n) is 8.55. The van der Waals surface area contributed by atoms with Gasteiger partial charge in [0.05, 0.1) is 13.2 Å². The molecule has 2 rings (SSSR count). The SMILES string of the molecule is CCOC(=O)Oc1ccc(CSCc2ccc(OC(=O)OCC)cc2)cc1. The lowest BCUT2D eigenvalue weighted by Crippen LogP contribution is -2.09. The van der Waals surface area contributed by atoms with E-state index in [9.17, 15) is 9.59 Å². The maximum absolute atomic E-state index is 11.3. The fourth-order valence-electron chi connectivity index (χ4n) is 2.08. The highest BCUT2D eigenvalue weighted by Crippen LogP contribution is 2.22. The van der Waals surface area contributed by atoms with E-state index in [2.05, 4.69) is 0 Å². The fraction of sp³-hybridized carbons (Fsp3) is 0.300. The van der Waals surface area contributed by atoms with Gasteiger partial charge in [0.25, 0.3) is 0 Å². The molecule has 0 fully saturated rings. The number of hydrogen-bond donors (Lipinski definition) is 0. The van der Waals surface area contributed by atoms with Crippen LogP contribution in [-0.2, 0) is 21.0 Å². The average Bonchev–Trinajstić information content (AvgIpc) is 2.65. The van der Waals surface area contributed by atoms with Gasteiger partial charge in [-0.25, -0.2) is 9.59 Å². The molecule has 0 unspecified atom stereocenters. The van der Waals surface area contributed by atoms with Gasteiger partial charge in [0.2, 0.25) is 0 Å². The van der Waals surface area contributed by atoms with E-state index in [1.807, 2.05) is 24.3 Å². The van der Waals surface area contributed by atoms with Gasteiger partial charge in [0, 0.05) is 11.5 Å². The van der Waals surface area contributed by atoms with Crippen LogP contribution in [0.5, 0.6) is 11.5 Å². The van der Waals surface area contributed by atoms with E-state index >= 15 is 0 Å². The van der Waals surface area contributed by atoms with Crippen LogP contribution in [0.15, 0.2) is 48.5 Å². The van der Waals surface area contributed by atoms with E-state index in [4.69, 9.17) is 18.9 Å². The van der Waals surface area contributed by atoms with Gasteiger partial charge in [-0.05, 0) is 49.2 Å². The van der Waals surface area contributed by atoms with Crippen LogP contribution in [-0.4, -0.2) is 25.5 Å². The van der Waals surface area contributed by atoms with Crippen molar-refractivity contribution in [1.82, 2.24) is 0 Å². The molecule has 2 aromatic carbocycles. The molecule has 0 aliphatic rings. The fourth-order valence-corrected chi connectivity index (χ4v) is 3.04. The van der Waals surface area contributed by atoms with Crippen LogP contribution in [0.1, 0.15) is 25.0 Å². The lowest BCUT2D eigenvalue weighted by molar-refractivity contribution is 0.103. The van der Waals surface area contributed by atoms with Crippen molar-refractivity contribution in [2.45, 2.75) is 25.4 Å². The first-order chi connectivity index (χ1) is 13.1. The van der Waals surface area contributed by atoms with Gasteiger partial charge in [0.15, 0.2) is 0 Å². The molecule has 0 saturated carbocycles. The first-order valence-corrected chi connectivity index (χ1v) is 9.71. The molecule has 0 amide bonds. The van der Waals surface area contributed by atoms with Gasteiger partial charge in [0.1, 0.15) is 11.5 Å². The molecule has 0 aliphatic heterocycles. The minimum absolute atomic E-state index is 0.281. The van der Waals surface area contributed by atoms with Crippen molar-refractivity contribution < 1.29 is 28.5 Å². The van der Waals surface area contributed by atoms with Gasteiger partial charge < -0.3 is 18.9 Å². The van der Waals surface area contributed by atoms with E-state index in [0.717, 1.165) is 22.6 Å². The maximum Gasteiger partial charge on any atom is 0.513 e. The minimum atomic E-state index is -0.699. The number of hydrogen-bond acceptors (Lipinski definition) is 7. The number of thioether (sulfide) groups is 1. The highest BCUT2D eigenvalue weighted by atomic mass is 32.2. The summed E-state index contributed by atoms with van der Waals surface area (Å²) in [5, 5.41) is 0. The van der Waals surface area contributed by atoms with Gasteiger partial charge in [-0.2, -0.15) is 11.8 Å². The Hall–Kier alpha value is -2.67. The second-order valence-electron chi connectivity index (χ2n) is 5.35. The summed E-state index contributed by atoms with van der Waals surface area (Å²) in [6.45, 7) is 4.01. The summed E-state index contributed by atoms with van der Waals surface area (Å²) in [6.07, 6.45) is -1.40. The topological polar surface area (TPSA) is 71.1 Å².